The van der Waals surface area contributed by atoms with Crippen LogP contribution in [-0.2, 0) is 65.4 Å². The molecule has 4 unspecified atom stereocenters. The standard InChI is InChI=1S/C85H162O17P2/c1-8-11-12-13-14-15-16-17-22-30-35-40-45-54-61-69-85(90)102-81(73-96-83(88)67-60-53-48-47-51-58-65-78(7)10-3)75-100-104(93,94)98-71-79(86)70-97-103(91,92)99-74-80(72-95-82(87)66-59-52-44-39-34-29-26-25-28-33-38-43-50-57-64-77(6)9-2)101-84(89)68-62-55-46-41-36-31-24-21-19-18-20-23-27-32-37-42-49-56-63-76(4)5/h15-17,22,76-81,86H,8-14,18-21,23-75H2,1-7H3,(H,91,92)(H,93,94)/b16-15-,22-17-/t77?,78?,79-,80-,81-/m1/s1. The molecule has 0 aliphatic carbocycles. The van der Waals surface area contributed by atoms with E-state index in [2.05, 4.69) is 72.8 Å². The van der Waals surface area contributed by atoms with Gasteiger partial charge in [-0.15, -0.1) is 0 Å². The number of phosphoric acid groups is 2. The second-order valence-corrected chi connectivity index (χ2v) is 33.8. The van der Waals surface area contributed by atoms with Crippen molar-refractivity contribution in [3.63, 3.8) is 0 Å². The molecule has 0 rings (SSSR count). The fourth-order valence-corrected chi connectivity index (χ4v) is 14.2. The highest BCUT2D eigenvalue weighted by Gasteiger charge is 2.30. The molecule has 0 heterocycles. The number of hydrogen-bond donors (Lipinski definition) is 3. The molecule has 0 aliphatic rings. The van der Waals surface area contributed by atoms with Crippen molar-refractivity contribution < 1.29 is 80.2 Å². The van der Waals surface area contributed by atoms with Crippen LogP contribution in [0.1, 0.15) is 421 Å². The Morgan fingerprint density at radius 1 is 0.317 bits per heavy atom. The second-order valence-electron chi connectivity index (χ2n) is 30.8. The van der Waals surface area contributed by atoms with E-state index < -0.39 is 97.5 Å². The maximum Gasteiger partial charge on any atom is 0.472 e. The van der Waals surface area contributed by atoms with Crippen molar-refractivity contribution >= 4 is 39.5 Å². The van der Waals surface area contributed by atoms with E-state index in [0.29, 0.717) is 25.7 Å². The minimum atomic E-state index is -4.97. The first-order valence-electron chi connectivity index (χ1n) is 43.2. The van der Waals surface area contributed by atoms with E-state index in [9.17, 15) is 43.2 Å². The molecule has 0 aromatic rings. The van der Waals surface area contributed by atoms with Crippen molar-refractivity contribution in [1.29, 1.82) is 0 Å². The highest BCUT2D eigenvalue weighted by Crippen LogP contribution is 2.45. The van der Waals surface area contributed by atoms with E-state index in [0.717, 1.165) is 127 Å². The smallest absolute Gasteiger partial charge is 0.462 e. The van der Waals surface area contributed by atoms with E-state index in [-0.39, 0.29) is 25.7 Å². The minimum absolute atomic E-state index is 0.0841. The van der Waals surface area contributed by atoms with Crippen LogP contribution < -0.4 is 0 Å². The number of hydrogen-bond acceptors (Lipinski definition) is 15. The molecule has 0 amide bonds. The molecule has 0 spiro atoms. The SMILES string of the molecule is CCCCCC/C=C\C=C/CCCCCCCC(=O)O[C@H](COC(=O)CCCCCCCCC(C)CC)COP(=O)(O)OC[C@H](O)COP(=O)(O)OC[C@@H](COC(=O)CCCCCCCCCCCCCCCCC(C)CC)OC(=O)CCCCCCCCCCCCCCCCCCCCC(C)C. The lowest BCUT2D eigenvalue weighted by atomic mass is 9.99. The first kappa shape index (κ1) is 102. The average molecular weight is 1520 g/mol. The van der Waals surface area contributed by atoms with Gasteiger partial charge in [-0.3, -0.25) is 37.3 Å². The van der Waals surface area contributed by atoms with Gasteiger partial charge in [-0.1, -0.05) is 368 Å². The molecular weight excluding hydrogens is 1350 g/mol. The predicted molar refractivity (Wildman–Crippen MR) is 427 cm³/mol. The summed E-state index contributed by atoms with van der Waals surface area (Å²) in [7, 11) is -9.94. The summed E-state index contributed by atoms with van der Waals surface area (Å²) in [5.41, 5.74) is 0. The van der Waals surface area contributed by atoms with Gasteiger partial charge in [0.05, 0.1) is 26.4 Å². The molecule has 104 heavy (non-hydrogen) atoms. The van der Waals surface area contributed by atoms with Crippen LogP contribution >= 0.6 is 15.6 Å². The van der Waals surface area contributed by atoms with Crippen LogP contribution in [-0.4, -0.2) is 96.7 Å². The number of ether oxygens (including phenoxy) is 4. The molecule has 0 bridgehead atoms. The zero-order valence-electron chi connectivity index (χ0n) is 68.0. The number of carbonyl (C=O) groups excluding carboxylic acids is 4. The van der Waals surface area contributed by atoms with Crippen LogP contribution in [0.25, 0.3) is 0 Å². The van der Waals surface area contributed by atoms with E-state index >= 15 is 0 Å². The fraction of sp³-hybridized carbons (Fsp3) is 0.906. The molecule has 3 N–H and O–H groups in total. The largest absolute Gasteiger partial charge is 0.472 e. The summed E-state index contributed by atoms with van der Waals surface area (Å²) < 4.78 is 68.8. The summed E-state index contributed by atoms with van der Waals surface area (Å²) in [6.07, 6.45) is 67.4. The lowest BCUT2D eigenvalue weighted by Crippen LogP contribution is -2.30. The van der Waals surface area contributed by atoms with Gasteiger partial charge in [0.1, 0.15) is 19.3 Å². The summed E-state index contributed by atoms with van der Waals surface area (Å²) in [6, 6.07) is 0. The van der Waals surface area contributed by atoms with Gasteiger partial charge in [0.2, 0.25) is 0 Å². The van der Waals surface area contributed by atoms with Crippen molar-refractivity contribution in [1.82, 2.24) is 0 Å². The zero-order valence-corrected chi connectivity index (χ0v) is 69.8. The third kappa shape index (κ3) is 75.0. The van der Waals surface area contributed by atoms with Crippen LogP contribution in [0.3, 0.4) is 0 Å². The number of carbonyl (C=O) groups is 4. The summed E-state index contributed by atoms with van der Waals surface area (Å²) in [5.74, 6) is 0.257. The van der Waals surface area contributed by atoms with Crippen LogP contribution in [0.4, 0.5) is 0 Å². The molecule has 0 saturated carbocycles. The number of aliphatic hydroxyl groups excluding tert-OH is 1. The molecule has 0 aromatic carbocycles. The number of rotatable bonds is 81. The molecule has 7 atom stereocenters. The Bertz CT molecular complexity index is 2110. The van der Waals surface area contributed by atoms with E-state index in [4.69, 9.17) is 37.0 Å². The van der Waals surface area contributed by atoms with Crippen molar-refractivity contribution in [2.24, 2.45) is 17.8 Å². The summed E-state index contributed by atoms with van der Waals surface area (Å²) in [4.78, 5) is 73.1. The normalized spacial score (nSPS) is 14.6. The molecule has 0 radical (unpaired) electrons. The van der Waals surface area contributed by atoms with Gasteiger partial charge in [0, 0.05) is 25.7 Å². The Kier molecular flexibility index (Phi) is 72.9. The lowest BCUT2D eigenvalue weighted by molar-refractivity contribution is -0.161. The monoisotopic (exact) mass is 1520 g/mol. The molecule has 0 saturated heterocycles. The van der Waals surface area contributed by atoms with Gasteiger partial charge in [-0.05, 0) is 69.1 Å². The maximum atomic E-state index is 13.1. The summed E-state index contributed by atoms with van der Waals surface area (Å²) >= 11 is 0. The Balaban J connectivity index is 5.27. The first-order valence-corrected chi connectivity index (χ1v) is 46.2. The maximum absolute atomic E-state index is 13.1. The van der Waals surface area contributed by atoms with Crippen LogP contribution in [0, 0.1) is 17.8 Å². The van der Waals surface area contributed by atoms with E-state index in [1.54, 1.807) is 0 Å². The van der Waals surface area contributed by atoms with Crippen LogP contribution in [0.15, 0.2) is 24.3 Å². The minimum Gasteiger partial charge on any atom is -0.462 e. The highest BCUT2D eigenvalue weighted by molar-refractivity contribution is 7.47. The zero-order chi connectivity index (χ0) is 76.5. The predicted octanol–water partition coefficient (Wildman–Crippen LogP) is 25.3. The Morgan fingerprint density at radius 3 is 0.856 bits per heavy atom. The van der Waals surface area contributed by atoms with Gasteiger partial charge in [0.25, 0.3) is 0 Å². The fourth-order valence-electron chi connectivity index (χ4n) is 12.6. The number of unbranched alkanes of at least 4 members (excludes halogenated alkanes) is 44. The molecule has 17 nitrogen and oxygen atoms in total. The number of esters is 4. The molecular formula is C85H162O17P2. The number of phosphoric ester groups is 2. The van der Waals surface area contributed by atoms with Gasteiger partial charge in [-0.25, -0.2) is 9.13 Å². The second kappa shape index (κ2) is 74.6. The summed E-state index contributed by atoms with van der Waals surface area (Å²) in [5, 5.41) is 10.7. The first-order chi connectivity index (χ1) is 50.3. The number of aliphatic hydroxyl groups is 1. The van der Waals surface area contributed by atoms with Crippen molar-refractivity contribution in [3.8, 4) is 0 Å². The third-order valence-corrected chi connectivity index (χ3v) is 21.9. The van der Waals surface area contributed by atoms with Crippen molar-refractivity contribution in [3.05, 3.63) is 24.3 Å². The Labute approximate surface area is 637 Å². The van der Waals surface area contributed by atoms with Crippen molar-refractivity contribution in [2.75, 3.05) is 39.6 Å². The van der Waals surface area contributed by atoms with Gasteiger partial charge < -0.3 is 33.8 Å². The highest BCUT2D eigenvalue weighted by atomic mass is 31.2. The van der Waals surface area contributed by atoms with Gasteiger partial charge in [0.15, 0.2) is 12.2 Å². The molecule has 0 aromatic heterocycles. The lowest BCUT2D eigenvalue weighted by Gasteiger charge is -2.21. The van der Waals surface area contributed by atoms with Gasteiger partial charge >= 0.3 is 39.5 Å². The van der Waals surface area contributed by atoms with E-state index in [1.165, 1.54) is 212 Å². The Hall–Kier alpha value is -2.46. The third-order valence-electron chi connectivity index (χ3n) is 20.0. The topological polar surface area (TPSA) is 237 Å². The summed E-state index contributed by atoms with van der Waals surface area (Å²) in [6.45, 7) is 11.9. The van der Waals surface area contributed by atoms with Gasteiger partial charge in [-0.2, -0.15) is 0 Å². The molecule has 614 valence electrons. The molecule has 19 heteroatoms. The van der Waals surface area contributed by atoms with E-state index in [1.807, 2.05) is 0 Å². The molecule has 0 fully saturated rings. The molecule has 0 aliphatic heterocycles. The van der Waals surface area contributed by atoms with Crippen molar-refractivity contribution in [2.45, 2.75) is 439 Å². The van der Waals surface area contributed by atoms with Crippen LogP contribution in [0.2, 0.25) is 0 Å². The Morgan fingerprint density at radius 2 is 0.567 bits per heavy atom. The van der Waals surface area contributed by atoms with Crippen LogP contribution in [0.5, 0.6) is 0 Å². The average Bonchev–Trinajstić information content (AvgIpc) is 0.907. The number of allylic oxidation sites excluding steroid dienone is 4. The quantitative estimate of drug-likeness (QED) is 0.0169.